The third-order valence-corrected chi connectivity index (χ3v) is 6.40. The Kier molecular flexibility index (Phi) is 4.68. The minimum atomic E-state index is -4.03. The van der Waals surface area contributed by atoms with Gasteiger partial charge in [0.15, 0.2) is 0 Å². The first-order chi connectivity index (χ1) is 5.91. The monoisotopic (exact) mass is 251 g/mol. The molecule has 0 aromatic carbocycles. The second-order valence-electron chi connectivity index (χ2n) is 4.53. The van der Waals surface area contributed by atoms with Crippen molar-refractivity contribution in [1.82, 2.24) is 4.13 Å². The first kappa shape index (κ1) is 14.5. The topological polar surface area (TPSA) is 12.0 Å². The lowest BCUT2D eigenvalue weighted by Crippen LogP contribution is -2.26. The van der Waals surface area contributed by atoms with Gasteiger partial charge in [0.1, 0.15) is 0 Å². The second-order valence-corrected chi connectivity index (χ2v) is 12.4. The van der Waals surface area contributed by atoms with E-state index in [1.165, 1.54) is 0 Å². The molecule has 0 atom stereocenters. The summed E-state index contributed by atoms with van der Waals surface area (Å²) in [6.45, 7) is 0. The molecule has 0 rings (SSSR count). The molecule has 0 aromatic heterocycles. The molecule has 0 radical (unpaired) electrons. The third kappa shape index (κ3) is 9.02. The molecule has 0 heterocycles. The van der Waals surface area contributed by atoms with Crippen LogP contribution in [0.25, 0.3) is 0 Å². The molecule has 90 valence electrons. The largest absolute Gasteiger partial charge is 0.389 e. The molecule has 0 aliphatic heterocycles. The molecule has 0 fully saturated rings. The maximum Gasteiger partial charge on any atom is 0.389 e. The zero-order valence-corrected chi connectivity index (χ0v) is 11.0. The molecule has 0 aliphatic rings. The summed E-state index contributed by atoms with van der Waals surface area (Å²) in [5.74, 6) is 0.209. The summed E-state index contributed by atoms with van der Waals surface area (Å²) in [5, 5.41) is 0. The van der Waals surface area contributed by atoms with Gasteiger partial charge in [-0.1, -0.05) is 0 Å². The summed E-state index contributed by atoms with van der Waals surface area (Å²) < 4.78 is 39.4. The Morgan fingerprint density at radius 2 is 1.43 bits per heavy atom. The molecule has 1 nitrogen and oxygen atoms in total. The summed E-state index contributed by atoms with van der Waals surface area (Å²) in [7, 11) is -2.24. The molecule has 6 heteroatoms. The highest BCUT2D eigenvalue weighted by atomic mass is 32.3. The fraction of sp³-hybridized carbons (Fsp3) is 1.00. The van der Waals surface area contributed by atoms with Crippen molar-refractivity contribution in [3.63, 3.8) is 0 Å². The normalized spacial score (nSPS) is 16.9. The number of nitrogens with one attached hydrogen (secondary N) is 1. The van der Waals surface area contributed by atoms with Crippen LogP contribution in [-0.4, -0.2) is 43.2 Å². The van der Waals surface area contributed by atoms with Crippen LogP contribution in [0.1, 0.15) is 6.42 Å². The zero-order valence-electron chi connectivity index (χ0n) is 9.36. The third-order valence-electron chi connectivity index (χ3n) is 1.37. The van der Waals surface area contributed by atoms with Gasteiger partial charge in [0, 0.05) is 0 Å². The van der Waals surface area contributed by atoms with Crippen molar-refractivity contribution < 1.29 is 13.2 Å². The molecule has 0 aromatic rings. The summed E-state index contributed by atoms with van der Waals surface area (Å²) >= 11 is 0. The van der Waals surface area contributed by atoms with Gasteiger partial charge in [0.05, 0.1) is 6.42 Å². The van der Waals surface area contributed by atoms with Crippen molar-refractivity contribution in [2.45, 2.75) is 12.6 Å². The standard InChI is InChI=1S/C8H20F3NS2/c1-13(2,3)12-14(4,5)7-6-8(9,10)11/h12H,6-7H2,1-5H3. The maximum absolute atomic E-state index is 12.0. The molecule has 1 N–H and O–H groups in total. The van der Waals surface area contributed by atoms with Crippen LogP contribution in [0.15, 0.2) is 0 Å². The zero-order chi connectivity index (χ0) is 11.6. The van der Waals surface area contributed by atoms with E-state index in [0.717, 1.165) is 0 Å². The van der Waals surface area contributed by atoms with Crippen molar-refractivity contribution in [2.75, 3.05) is 37.0 Å². The molecule has 0 unspecified atom stereocenters. The molecule has 0 aliphatic carbocycles. The van der Waals surface area contributed by atoms with Crippen LogP contribution in [0.3, 0.4) is 0 Å². The van der Waals surface area contributed by atoms with Crippen LogP contribution in [0.4, 0.5) is 13.2 Å². The van der Waals surface area contributed by atoms with E-state index in [9.17, 15) is 13.2 Å². The summed E-state index contributed by atoms with van der Waals surface area (Å²) in [4.78, 5) is 0. The van der Waals surface area contributed by atoms with Gasteiger partial charge in [-0.2, -0.15) is 33.6 Å². The van der Waals surface area contributed by atoms with Crippen molar-refractivity contribution in [3.05, 3.63) is 0 Å². The Labute approximate surface area is 87.7 Å². The van der Waals surface area contributed by atoms with E-state index in [1.807, 2.05) is 12.5 Å². The number of halogens is 3. The summed E-state index contributed by atoms with van der Waals surface area (Å²) in [5.41, 5.74) is 0. The van der Waals surface area contributed by atoms with Gasteiger partial charge in [-0.15, -0.1) is 0 Å². The van der Waals surface area contributed by atoms with Crippen LogP contribution < -0.4 is 4.13 Å². The number of hydrogen-bond donors (Lipinski definition) is 1. The quantitative estimate of drug-likeness (QED) is 0.809. The molecule has 0 amide bonds. The van der Waals surface area contributed by atoms with E-state index in [-0.39, 0.29) is 5.75 Å². The van der Waals surface area contributed by atoms with Crippen molar-refractivity contribution in [3.8, 4) is 0 Å². The van der Waals surface area contributed by atoms with E-state index in [2.05, 4.69) is 22.9 Å². The summed E-state index contributed by atoms with van der Waals surface area (Å²) in [6, 6.07) is 0. The molecular weight excluding hydrogens is 231 g/mol. The van der Waals surface area contributed by atoms with E-state index >= 15 is 0 Å². The Bertz CT molecular complexity index is 184. The smallest absolute Gasteiger partial charge is 0.245 e. The minimum Gasteiger partial charge on any atom is -0.245 e. The second kappa shape index (κ2) is 4.53. The van der Waals surface area contributed by atoms with Gasteiger partial charge in [0.25, 0.3) is 0 Å². The van der Waals surface area contributed by atoms with Gasteiger partial charge < -0.3 is 0 Å². The van der Waals surface area contributed by atoms with Gasteiger partial charge in [-0.3, -0.25) is 0 Å². The SMILES string of the molecule is CS(C)(C)NS(C)(C)CCC(F)(F)F. The molecule has 0 saturated carbocycles. The summed E-state index contributed by atoms with van der Waals surface area (Å²) in [6.07, 6.45) is 5.24. The highest BCUT2D eigenvalue weighted by Gasteiger charge is 2.30. The number of hydrogen-bond acceptors (Lipinski definition) is 1. The van der Waals surface area contributed by atoms with Gasteiger partial charge in [-0.25, -0.2) is 4.13 Å². The maximum atomic E-state index is 12.0. The predicted octanol–water partition coefficient (Wildman–Crippen LogP) is 3.12. The first-order valence-corrected chi connectivity index (χ1v) is 9.63. The Balaban J connectivity index is 4.09. The Morgan fingerprint density at radius 3 is 1.71 bits per heavy atom. The van der Waals surface area contributed by atoms with Crippen LogP contribution in [0, 0.1) is 0 Å². The predicted molar refractivity (Wildman–Crippen MR) is 63.5 cm³/mol. The van der Waals surface area contributed by atoms with Crippen molar-refractivity contribution in [2.24, 2.45) is 0 Å². The highest BCUT2D eigenvalue weighted by Crippen LogP contribution is 2.48. The van der Waals surface area contributed by atoms with E-state index < -0.39 is 33.0 Å². The Hall–Kier alpha value is 0.450. The first-order valence-electron chi connectivity index (χ1n) is 4.16. The lowest BCUT2D eigenvalue weighted by Gasteiger charge is -2.42. The average Bonchev–Trinajstić information content (AvgIpc) is 1.76. The molecule has 14 heavy (non-hydrogen) atoms. The van der Waals surface area contributed by atoms with E-state index in [0.29, 0.717) is 0 Å². The molecule has 0 saturated heterocycles. The van der Waals surface area contributed by atoms with Crippen molar-refractivity contribution in [1.29, 1.82) is 0 Å². The Morgan fingerprint density at radius 1 is 1.00 bits per heavy atom. The van der Waals surface area contributed by atoms with E-state index in [4.69, 9.17) is 0 Å². The molecule has 0 bridgehead atoms. The van der Waals surface area contributed by atoms with Crippen LogP contribution in [0.5, 0.6) is 0 Å². The van der Waals surface area contributed by atoms with Crippen LogP contribution in [0.2, 0.25) is 0 Å². The van der Waals surface area contributed by atoms with Crippen LogP contribution >= 0.6 is 20.4 Å². The van der Waals surface area contributed by atoms with Gasteiger partial charge >= 0.3 is 6.18 Å². The van der Waals surface area contributed by atoms with Crippen molar-refractivity contribution >= 4 is 20.4 Å². The van der Waals surface area contributed by atoms with Gasteiger partial charge in [-0.05, 0) is 37.0 Å². The average molecular weight is 251 g/mol. The number of rotatable bonds is 4. The van der Waals surface area contributed by atoms with Crippen LogP contribution in [-0.2, 0) is 0 Å². The lowest BCUT2D eigenvalue weighted by molar-refractivity contribution is -0.129. The van der Waals surface area contributed by atoms with Gasteiger partial charge in [0.2, 0.25) is 0 Å². The fourth-order valence-corrected chi connectivity index (χ4v) is 7.58. The number of alkyl halides is 3. The van der Waals surface area contributed by atoms with E-state index in [1.54, 1.807) is 0 Å². The minimum absolute atomic E-state index is 0.209. The highest BCUT2D eigenvalue weighted by molar-refractivity contribution is 8.44. The lowest BCUT2D eigenvalue weighted by atomic mass is 10.5. The molecular formula is C8H20F3NS2. The fourth-order valence-electron chi connectivity index (χ4n) is 1.09. The molecule has 0 spiro atoms.